The molecule has 3 aromatic rings. The first kappa shape index (κ1) is 17.0. The molecule has 0 saturated carbocycles. The maximum atomic E-state index is 13.2. The van der Waals surface area contributed by atoms with E-state index in [0.29, 0.717) is 5.69 Å². The number of carboxylic acid groups (broad SMARTS) is 1. The van der Waals surface area contributed by atoms with Crippen molar-refractivity contribution < 1.29 is 18.3 Å². The van der Waals surface area contributed by atoms with Crippen molar-refractivity contribution in [1.29, 1.82) is 0 Å². The molecule has 0 aliphatic carbocycles. The Morgan fingerprint density at radius 2 is 1.52 bits per heavy atom. The molecule has 6 heteroatoms. The van der Waals surface area contributed by atoms with E-state index in [1.807, 2.05) is 24.3 Å². The van der Waals surface area contributed by atoms with Crippen molar-refractivity contribution in [3.05, 3.63) is 72.8 Å². The maximum Gasteiger partial charge on any atom is 0.327 e. The fourth-order valence-electron chi connectivity index (χ4n) is 2.69. The van der Waals surface area contributed by atoms with Gasteiger partial charge < -0.3 is 5.11 Å². The molecule has 5 nitrogen and oxygen atoms in total. The second-order valence-electron chi connectivity index (χ2n) is 5.66. The second kappa shape index (κ2) is 6.57. The number of hydrogen-bond donors (Lipinski definition) is 1. The van der Waals surface area contributed by atoms with Crippen LogP contribution in [0.1, 0.15) is 6.92 Å². The van der Waals surface area contributed by atoms with Crippen LogP contribution in [0.25, 0.3) is 10.8 Å². The molecule has 0 bridgehead atoms. The molecule has 3 rings (SSSR count). The summed E-state index contributed by atoms with van der Waals surface area (Å²) in [4.78, 5) is 11.6. The zero-order valence-electron chi connectivity index (χ0n) is 13.5. The Balaban J connectivity index is 2.17. The molecule has 128 valence electrons. The number of para-hydroxylation sites is 1. The summed E-state index contributed by atoms with van der Waals surface area (Å²) in [7, 11) is -4.04. The molecule has 0 aliphatic rings. The van der Waals surface area contributed by atoms with E-state index in [4.69, 9.17) is 0 Å². The minimum atomic E-state index is -4.04. The standard InChI is InChI=1S/C19H17NO4S/c1-14(19(21)22)20(17-9-3-2-4-10-17)25(23,24)18-12-11-15-7-5-6-8-16(15)13-18/h2-14H,1H3,(H,21,22)/t14-/m0/s1. The van der Waals surface area contributed by atoms with Crippen LogP contribution in [-0.4, -0.2) is 25.5 Å². The summed E-state index contributed by atoms with van der Waals surface area (Å²) in [6.07, 6.45) is 0. The van der Waals surface area contributed by atoms with E-state index >= 15 is 0 Å². The van der Waals surface area contributed by atoms with Gasteiger partial charge in [0.2, 0.25) is 0 Å². The summed E-state index contributed by atoms with van der Waals surface area (Å²) in [5.41, 5.74) is 0.311. The van der Waals surface area contributed by atoms with Crippen LogP contribution < -0.4 is 4.31 Å². The van der Waals surface area contributed by atoms with E-state index in [0.717, 1.165) is 15.1 Å². The van der Waals surface area contributed by atoms with E-state index in [1.54, 1.807) is 42.5 Å². The van der Waals surface area contributed by atoms with Gasteiger partial charge in [-0.15, -0.1) is 0 Å². The van der Waals surface area contributed by atoms with Crippen LogP contribution in [0, 0.1) is 0 Å². The van der Waals surface area contributed by atoms with Gasteiger partial charge in [-0.1, -0.05) is 48.5 Å². The molecule has 0 aliphatic heterocycles. The predicted octanol–water partition coefficient (Wildman–Crippen LogP) is 3.51. The summed E-state index contributed by atoms with van der Waals surface area (Å²) in [6, 6.07) is 19.2. The molecular weight excluding hydrogens is 338 g/mol. The lowest BCUT2D eigenvalue weighted by molar-refractivity contribution is -0.137. The van der Waals surface area contributed by atoms with Crippen molar-refractivity contribution in [2.24, 2.45) is 0 Å². The van der Waals surface area contributed by atoms with Crippen LogP contribution >= 0.6 is 0 Å². The third kappa shape index (κ3) is 3.21. The molecule has 25 heavy (non-hydrogen) atoms. The number of benzene rings is 3. The number of fused-ring (bicyclic) bond motifs is 1. The number of hydrogen-bond acceptors (Lipinski definition) is 3. The summed E-state index contributed by atoms with van der Waals surface area (Å²) < 4.78 is 27.3. The van der Waals surface area contributed by atoms with Gasteiger partial charge in [-0.2, -0.15) is 0 Å². The molecule has 0 unspecified atom stereocenters. The minimum absolute atomic E-state index is 0.0585. The van der Waals surface area contributed by atoms with Gasteiger partial charge in [0.25, 0.3) is 10.0 Å². The molecule has 1 N–H and O–H groups in total. The highest BCUT2D eigenvalue weighted by molar-refractivity contribution is 7.93. The Morgan fingerprint density at radius 1 is 0.920 bits per heavy atom. The van der Waals surface area contributed by atoms with Crippen molar-refractivity contribution in [3.63, 3.8) is 0 Å². The molecule has 0 radical (unpaired) electrons. The summed E-state index contributed by atoms with van der Waals surface area (Å²) in [5, 5.41) is 11.1. The first-order valence-corrected chi connectivity index (χ1v) is 9.16. The molecule has 0 fully saturated rings. The fourth-order valence-corrected chi connectivity index (χ4v) is 4.34. The highest BCUT2D eigenvalue weighted by atomic mass is 32.2. The smallest absolute Gasteiger partial charge is 0.327 e. The summed E-state index contributed by atoms with van der Waals surface area (Å²) in [6.45, 7) is 1.36. The van der Waals surface area contributed by atoms with Crippen molar-refractivity contribution in [2.75, 3.05) is 4.31 Å². The number of carboxylic acids is 1. The van der Waals surface area contributed by atoms with E-state index in [-0.39, 0.29) is 4.90 Å². The van der Waals surface area contributed by atoms with Crippen LogP contribution in [0.15, 0.2) is 77.7 Å². The predicted molar refractivity (Wildman–Crippen MR) is 97.2 cm³/mol. The van der Waals surface area contributed by atoms with Crippen LogP contribution in [0.3, 0.4) is 0 Å². The lowest BCUT2D eigenvalue weighted by Crippen LogP contribution is -2.43. The number of carbonyl (C=O) groups is 1. The quantitative estimate of drug-likeness (QED) is 0.760. The molecule has 3 aromatic carbocycles. The molecule has 0 heterocycles. The van der Waals surface area contributed by atoms with E-state index in [9.17, 15) is 18.3 Å². The van der Waals surface area contributed by atoms with Crippen molar-refractivity contribution in [3.8, 4) is 0 Å². The lowest BCUT2D eigenvalue weighted by atomic mass is 10.1. The Labute approximate surface area is 146 Å². The highest BCUT2D eigenvalue weighted by Crippen LogP contribution is 2.28. The van der Waals surface area contributed by atoms with Crippen molar-refractivity contribution in [2.45, 2.75) is 17.9 Å². The number of rotatable bonds is 5. The third-order valence-corrected chi connectivity index (χ3v) is 5.89. The summed E-state index contributed by atoms with van der Waals surface area (Å²) >= 11 is 0. The zero-order chi connectivity index (χ0) is 18.0. The first-order valence-electron chi connectivity index (χ1n) is 7.72. The van der Waals surface area contributed by atoms with E-state index in [1.165, 1.54) is 13.0 Å². The summed E-state index contributed by atoms with van der Waals surface area (Å²) in [5.74, 6) is -1.21. The largest absolute Gasteiger partial charge is 0.480 e. The van der Waals surface area contributed by atoms with Gasteiger partial charge >= 0.3 is 5.97 Å². The maximum absolute atomic E-state index is 13.2. The van der Waals surface area contributed by atoms with Gasteiger partial charge in [-0.25, -0.2) is 13.2 Å². The van der Waals surface area contributed by atoms with Gasteiger partial charge in [0, 0.05) is 0 Å². The Kier molecular flexibility index (Phi) is 4.46. The number of nitrogens with zero attached hydrogens (tertiary/aromatic N) is 1. The van der Waals surface area contributed by atoms with Crippen LogP contribution in [-0.2, 0) is 14.8 Å². The molecule has 1 atom stereocenters. The number of anilines is 1. The van der Waals surface area contributed by atoms with Crippen LogP contribution in [0.4, 0.5) is 5.69 Å². The topological polar surface area (TPSA) is 74.7 Å². The number of sulfonamides is 1. The van der Waals surface area contributed by atoms with Gasteiger partial charge in [0.1, 0.15) is 6.04 Å². The third-order valence-electron chi connectivity index (χ3n) is 4.00. The van der Waals surface area contributed by atoms with Gasteiger partial charge in [-0.3, -0.25) is 4.31 Å². The Bertz CT molecular complexity index is 1020. The van der Waals surface area contributed by atoms with Crippen molar-refractivity contribution >= 4 is 32.5 Å². The normalized spacial score (nSPS) is 12.7. The highest BCUT2D eigenvalue weighted by Gasteiger charge is 2.33. The van der Waals surface area contributed by atoms with Gasteiger partial charge in [0.05, 0.1) is 10.6 Å². The second-order valence-corrected chi connectivity index (χ2v) is 7.47. The Hall–Kier alpha value is -2.86. The fraction of sp³-hybridized carbons (Fsp3) is 0.105. The average molecular weight is 355 g/mol. The van der Waals surface area contributed by atoms with Crippen molar-refractivity contribution in [1.82, 2.24) is 0 Å². The van der Waals surface area contributed by atoms with E-state index < -0.39 is 22.0 Å². The van der Waals surface area contributed by atoms with Gasteiger partial charge in [0.15, 0.2) is 0 Å². The average Bonchev–Trinajstić information content (AvgIpc) is 2.62. The molecule has 0 aromatic heterocycles. The lowest BCUT2D eigenvalue weighted by Gasteiger charge is -2.28. The monoisotopic (exact) mass is 355 g/mol. The number of aliphatic carboxylic acids is 1. The molecular formula is C19H17NO4S. The molecule has 0 saturated heterocycles. The Morgan fingerprint density at radius 3 is 2.16 bits per heavy atom. The van der Waals surface area contributed by atoms with E-state index in [2.05, 4.69) is 0 Å². The molecule has 0 spiro atoms. The van der Waals surface area contributed by atoms with Crippen LogP contribution in [0.2, 0.25) is 0 Å². The SMILES string of the molecule is C[C@@H](C(=O)O)N(c1ccccc1)S(=O)(=O)c1ccc2ccccc2c1. The minimum Gasteiger partial charge on any atom is -0.480 e. The van der Waals surface area contributed by atoms with Crippen LogP contribution in [0.5, 0.6) is 0 Å². The van der Waals surface area contributed by atoms with Gasteiger partial charge in [-0.05, 0) is 42.0 Å². The zero-order valence-corrected chi connectivity index (χ0v) is 14.3. The molecule has 0 amide bonds. The first-order chi connectivity index (χ1) is 11.9.